The second kappa shape index (κ2) is 10.7. The summed E-state index contributed by atoms with van der Waals surface area (Å²) in [6.45, 7) is 9.28. The maximum atomic E-state index is 13.0. The fourth-order valence-corrected chi connectivity index (χ4v) is 6.73. The Kier molecular flexibility index (Phi) is 9.78. The fourth-order valence-electron chi connectivity index (χ4n) is 2.13. The number of ether oxygens (including phenoxy) is 2. The van der Waals surface area contributed by atoms with E-state index in [1.54, 1.807) is 27.8 Å². The van der Waals surface area contributed by atoms with Crippen LogP contribution in [0.1, 0.15) is 51.9 Å². The first-order valence-corrected chi connectivity index (χ1v) is 12.0. The molecule has 0 saturated heterocycles. The number of nitrogens with zero attached hydrogens (tertiary/aromatic N) is 1. The lowest BCUT2D eigenvalue weighted by Crippen LogP contribution is -2.30. The predicted octanol–water partition coefficient (Wildman–Crippen LogP) is 4.53. The highest BCUT2D eigenvalue weighted by molar-refractivity contribution is 14.1. The van der Waals surface area contributed by atoms with Crippen LogP contribution in [0.4, 0.5) is 11.4 Å². The van der Waals surface area contributed by atoms with Crippen LogP contribution in [0.25, 0.3) is 0 Å². The molecule has 0 bridgehead atoms. The van der Waals surface area contributed by atoms with Crippen LogP contribution in [0.2, 0.25) is 0 Å². The number of hydrogen-bond acceptors (Lipinski definition) is 6. The molecular formula is C19H23I3N2O6. The molecule has 1 aromatic rings. The molecule has 0 radical (unpaired) electrons. The molecule has 1 N–H and O–H groups in total. The summed E-state index contributed by atoms with van der Waals surface area (Å²) in [5.74, 6) is -1.81. The van der Waals surface area contributed by atoms with Gasteiger partial charge in [-0.3, -0.25) is 14.4 Å². The van der Waals surface area contributed by atoms with Crippen molar-refractivity contribution in [3.05, 3.63) is 16.3 Å². The molecule has 11 heteroatoms. The maximum Gasteiger partial charge on any atom is 0.343 e. The van der Waals surface area contributed by atoms with E-state index < -0.39 is 23.6 Å². The monoisotopic (exact) mass is 756 g/mol. The average Bonchev–Trinajstić information content (AvgIpc) is 2.57. The van der Waals surface area contributed by atoms with Crippen LogP contribution in [0.3, 0.4) is 0 Å². The molecule has 0 aromatic heterocycles. The van der Waals surface area contributed by atoms with Crippen molar-refractivity contribution in [2.24, 2.45) is 5.41 Å². The average molecular weight is 756 g/mol. The highest BCUT2D eigenvalue weighted by atomic mass is 127. The van der Waals surface area contributed by atoms with Gasteiger partial charge in [0.25, 0.3) is 0 Å². The first-order valence-electron chi connectivity index (χ1n) is 8.73. The Morgan fingerprint density at radius 3 is 1.93 bits per heavy atom. The molecule has 1 aromatic carbocycles. The van der Waals surface area contributed by atoms with Gasteiger partial charge in [0.1, 0.15) is 0 Å². The van der Waals surface area contributed by atoms with Crippen molar-refractivity contribution in [1.29, 1.82) is 0 Å². The van der Waals surface area contributed by atoms with Crippen LogP contribution in [-0.4, -0.2) is 37.1 Å². The Bertz CT molecular complexity index is 895. The molecule has 2 amide bonds. The molecule has 166 valence electrons. The molecule has 0 saturated carbocycles. The fraction of sp³-hybridized carbons (Fsp3) is 0.474. The van der Waals surface area contributed by atoms with Gasteiger partial charge in [-0.25, -0.2) is 4.79 Å². The molecule has 0 aliphatic carbocycles. The Labute approximate surface area is 216 Å². The third kappa shape index (κ3) is 6.64. The van der Waals surface area contributed by atoms with E-state index in [-0.39, 0.29) is 17.4 Å². The molecule has 30 heavy (non-hydrogen) atoms. The molecular weight excluding hydrogens is 733 g/mol. The van der Waals surface area contributed by atoms with Crippen molar-refractivity contribution in [2.45, 2.75) is 47.8 Å². The summed E-state index contributed by atoms with van der Waals surface area (Å²) in [6.07, 6.45) is -1.12. The van der Waals surface area contributed by atoms with Crippen molar-refractivity contribution in [1.82, 2.24) is 0 Å². The van der Waals surface area contributed by atoms with Gasteiger partial charge < -0.3 is 19.7 Å². The number of benzene rings is 1. The van der Waals surface area contributed by atoms with Crippen LogP contribution in [0, 0.1) is 16.1 Å². The number of halogens is 3. The predicted molar refractivity (Wildman–Crippen MR) is 138 cm³/mol. The smallest absolute Gasteiger partial charge is 0.343 e. The number of amides is 2. The van der Waals surface area contributed by atoms with Gasteiger partial charge in [0.15, 0.2) is 0 Å². The standard InChI is InChI=1S/C19H23I3N2O6/c1-8(25)23-15-12(20)11(13(21)16(14(15)22)24(7)9(2)26)17(27)29-10(3)30-18(28)19(4,5)6/h10H,1-7H3,(H,23,25). The number of rotatable bonds is 5. The van der Waals surface area contributed by atoms with Gasteiger partial charge >= 0.3 is 11.9 Å². The first-order chi connectivity index (χ1) is 13.6. The van der Waals surface area contributed by atoms with Crippen molar-refractivity contribution >= 4 is 103 Å². The molecule has 0 aliphatic heterocycles. The Balaban J connectivity index is 3.48. The summed E-state index contributed by atoms with van der Waals surface area (Å²) >= 11 is 5.94. The highest BCUT2D eigenvalue weighted by Gasteiger charge is 2.31. The SMILES string of the molecule is CC(=O)Nc1c(I)c(C(=O)OC(C)OC(=O)C(C)(C)C)c(I)c(N(C)C(C)=O)c1I. The zero-order chi connectivity index (χ0) is 23.5. The molecule has 8 nitrogen and oxygen atoms in total. The third-order valence-electron chi connectivity index (χ3n) is 3.77. The minimum atomic E-state index is -1.12. The third-order valence-corrected chi connectivity index (χ3v) is 6.94. The zero-order valence-electron chi connectivity index (χ0n) is 17.6. The van der Waals surface area contributed by atoms with E-state index in [9.17, 15) is 19.2 Å². The summed E-state index contributed by atoms with van der Waals surface area (Å²) in [4.78, 5) is 50.1. The molecule has 0 spiro atoms. The van der Waals surface area contributed by atoms with Crippen LogP contribution in [-0.2, 0) is 23.9 Å². The summed E-state index contributed by atoms with van der Waals surface area (Å²) < 4.78 is 12.1. The molecule has 0 fully saturated rings. The van der Waals surface area contributed by atoms with Gasteiger partial charge in [-0.15, -0.1) is 0 Å². The van der Waals surface area contributed by atoms with E-state index in [4.69, 9.17) is 9.47 Å². The number of esters is 2. The number of hydrogen-bond donors (Lipinski definition) is 1. The lowest BCUT2D eigenvalue weighted by molar-refractivity contribution is -0.174. The van der Waals surface area contributed by atoms with Gasteiger partial charge in [-0.2, -0.15) is 0 Å². The summed E-state index contributed by atoms with van der Waals surface area (Å²) in [7, 11) is 1.58. The minimum absolute atomic E-state index is 0.169. The van der Waals surface area contributed by atoms with Crippen molar-refractivity contribution in [3.8, 4) is 0 Å². The van der Waals surface area contributed by atoms with Crippen LogP contribution < -0.4 is 10.2 Å². The van der Waals surface area contributed by atoms with Crippen LogP contribution >= 0.6 is 67.8 Å². The summed E-state index contributed by atoms with van der Waals surface area (Å²) in [6, 6.07) is 0. The lowest BCUT2D eigenvalue weighted by Gasteiger charge is -2.25. The molecule has 0 aliphatic rings. The first kappa shape index (κ1) is 27.3. The van der Waals surface area contributed by atoms with Gasteiger partial charge in [0.2, 0.25) is 18.1 Å². The lowest BCUT2D eigenvalue weighted by atomic mass is 9.97. The normalized spacial score (nSPS) is 12.1. The van der Waals surface area contributed by atoms with Gasteiger partial charge in [0, 0.05) is 27.8 Å². The summed E-state index contributed by atoms with van der Waals surface area (Å²) in [5.41, 5.74) is 0.294. The zero-order valence-corrected chi connectivity index (χ0v) is 24.1. The molecule has 1 atom stereocenters. The van der Waals surface area contributed by atoms with Crippen LogP contribution in [0.15, 0.2) is 0 Å². The van der Waals surface area contributed by atoms with Crippen LogP contribution in [0.5, 0.6) is 0 Å². The van der Waals surface area contributed by atoms with Gasteiger partial charge in [0.05, 0.1) is 33.1 Å². The van der Waals surface area contributed by atoms with E-state index in [2.05, 4.69) is 5.32 Å². The topological polar surface area (TPSA) is 102 Å². The second-order valence-corrected chi connectivity index (χ2v) is 10.7. The maximum absolute atomic E-state index is 13.0. The number of carbonyl (C=O) groups excluding carboxylic acids is 4. The number of carbonyl (C=O) groups is 4. The highest BCUT2D eigenvalue weighted by Crippen LogP contribution is 2.41. The number of anilines is 2. The Morgan fingerprint density at radius 1 is 0.967 bits per heavy atom. The van der Waals surface area contributed by atoms with E-state index in [1.165, 1.54) is 25.7 Å². The minimum Gasteiger partial charge on any atom is -0.425 e. The van der Waals surface area contributed by atoms with E-state index in [1.807, 2.05) is 67.8 Å². The Morgan fingerprint density at radius 2 is 1.50 bits per heavy atom. The Hall–Kier alpha value is -0.710. The second-order valence-electron chi connectivity index (χ2n) is 7.43. The molecule has 1 unspecified atom stereocenters. The molecule has 1 rings (SSSR count). The largest absolute Gasteiger partial charge is 0.425 e. The van der Waals surface area contributed by atoms with Crippen molar-refractivity contribution < 1.29 is 28.7 Å². The van der Waals surface area contributed by atoms with E-state index in [0.717, 1.165) is 0 Å². The van der Waals surface area contributed by atoms with Crippen molar-refractivity contribution in [2.75, 3.05) is 17.3 Å². The quantitative estimate of drug-likeness (QED) is 0.270. The van der Waals surface area contributed by atoms with Gasteiger partial charge in [-0.05, 0) is 88.5 Å². The van der Waals surface area contributed by atoms with E-state index in [0.29, 0.717) is 22.1 Å². The van der Waals surface area contributed by atoms with Gasteiger partial charge in [-0.1, -0.05) is 0 Å². The van der Waals surface area contributed by atoms with Crippen molar-refractivity contribution in [3.63, 3.8) is 0 Å². The molecule has 0 heterocycles. The summed E-state index contributed by atoms with van der Waals surface area (Å²) in [5, 5.41) is 2.72. The number of nitrogens with one attached hydrogen (secondary N) is 1. The van der Waals surface area contributed by atoms with E-state index >= 15 is 0 Å².